The minimum absolute atomic E-state index is 0.351. The standard InChI is InChI=1S/C72H136N8/c1-5-9-13-17-21-25-29-33-43-53-54(44-34-30-26-22-18-14-10-6-2)56(46-36-32-28-24-20-16-12-8-4)64-63(55(53)45-35-31-27-23-19-15-11-7-3)71-78-69-61-51-41-39-49-59(61)67(76-69)74-65-57-47-37-38-48-58(57)66(73-65)75-68-60-50-40-42-52-62(60)70(77-68)79-72(64)80-71/h53-80H,5-52H2,1-4H3. The summed E-state index contributed by atoms with van der Waals surface area (Å²) >= 11 is 0. The Bertz CT molecular complexity index is 1510. The first kappa shape index (κ1) is 64.2. The predicted octanol–water partition coefficient (Wildman–Crippen LogP) is 17.6. The van der Waals surface area contributed by atoms with Gasteiger partial charge in [-0.05, 0) is 135 Å². The number of hydrogen-bond donors (Lipinski definition) is 8. The van der Waals surface area contributed by atoms with E-state index in [1.807, 2.05) is 0 Å². The first-order valence-corrected chi connectivity index (χ1v) is 37.7. The predicted molar refractivity (Wildman–Crippen MR) is 342 cm³/mol. The Morgan fingerprint density at radius 2 is 0.375 bits per heavy atom. The summed E-state index contributed by atoms with van der Waals surface area (Å²) in [5, 5.41) is 36.6. The summed E-state index contributed by atoms with van der Waals surface area (Å²) in [6.07, 6.45) is 71.6. The molecule has 0 spiro atoms. The third-order valence-corrected chi connectivity index (χ3v) is 24.5. The molecule has 4 saturated carbocycles. The van der Waals surface area contributed by atoms with Crippen LogP contribution in [0.2, 0.25) is 0 Å². The van der Waals surface area contributed by atoms with Gasteiger partial charge >= 0.3 is 0 Å². The second-order valence-electron chi connectivity index (χ2n) is 29.9. The third-order valence-electron chi connectivity index (χ3n) is 24.5. The van der Waals surface area contributed by atoms with Gasteiger partial charge in [0.15, 0.2) is 0 Å². The molecule has 0 aromatic heterocycles. The Kier molecular flexibility index (Phi) is 28.5. The van der Waals surface area contributed by atoms with Crippen LogP contribution in [0, 0.1) is 71.0 Å². The fourth-order valence-corrected chi connectivity index (χ4v) is 20.3. The van der Waals surface area contributed by atoms with Crippen LogP contribution in [0.25, 0.3) is 0 Å². The van der Waals surface area contributed by atoms with Crippen LogP contribution in [0.3, 0.4) is 0 Å². The number of hydrogen-bond acceptors (Lipinski definition) is 8. The van der Waals surface area contributed by atoms with Gasteiger partial charge in [-0.25, -0.2) is 0 Å². The van der Waals surface area contributed by atoms with Crippen molar-refractivity contribution in [1.82, 2.24) is 42.5 Å². The monoisotopic (exact) mass is 1110 g/mol. The largest absolute Gasteiger partial charge is 0.286 e. The number of fused-ring (bicyclic) bond motifs is 20. The summed E-state index contributed by atoms with van der Waals surface area (Å²) < 4.78 is 0. The Hall–Kier alpha value is -0.320. The van der Waals surface area contributed by atoms with Gasteiger partial charge in [-0.2, -0.15) is 0 Å². The van der Waals surface area contributed by atoms with E-state index in [9.17, 15) is 0 Å². The van der Waals surface area contributed by atoms with Crippen molar-refractivity contribution in [3.05, 3.63) is 0 Å². The lowest BCUT2D eigenvalue weighted by Crippen LogP contribution is -2.62. The Morgan fingerprint density at radius 1 is 0.200 bits per heavy atom. The zero-order chi connectivity index (χ0) is 55.1. The molecule has 80 heavy (non-hydrogen) atoms. The highest BCUT2D eigenvalue weighted by Crippen LogP contribution is 2.57. The molecule has 0 aromatic rings. The molecule has 8 heteroatoms. The summed E-state index contributed by atoms with van der Waals surface area (Å²) in [7, 11) is 0. The van der Waals surface area contributed by atoms with Gasteiger partial charge in [-0.15, -0.1) is 0 Å². The van der Waals surface area contributed by atoms with E-state index in [-0.39, 0.29) is 0 Å². The molecule has 8 bridgehead atoms. The van der Waals surface area contributed by atoms with Crippen molar-refractivity contribution < 1.29 is 0 Å². The Morgan fingerprint density at radius 3 is 0.600 bits per heavy atom. The molecule has 5 saturated heterocycles. The van der Waals surface area contributed by atoms with Crippen LogP contribution in [0.1, 0.15) is 336 Å². The van der Waals surface area contributed by atoms with Gasteiger partial charge in [0, 0.05) is 0 Å². The summed E-state index contributed by atoms with van der Waals surface area (Å²) in [5.74, 6) is 8.93. The van der Waals surface area contributed by atoms with E-state index in [0.717, 1.165) is 35.5 Å². The lowest BCUT2D eigenvalue weighted by atomic mass is 9.53. The third kappa shape index (κ3) is 17.7. The van der Waals surface area contributed by atoms with Crippen molar-refractivity contribution in [3.63, 3.8) is 0 Å². The lowest BCUT2D eigenvalue weighted by Gasteiger charge is -2.53. The molecule has 20 atom stereocenters. The maximum atomic E-state index is 4.76. The molecule has 4 aliphatic carbocycles. The SMILES string of the molecule is CCCCCCCCCCC1C(CCCCCCCCCC)C(CCCCCCCCCC)C2C3NC4NC(NC5NC(NC6NC(NC(N3)C2C1CCCCCCCCCC)C1CCCCC61)C1CCCCC51)C1CCCCC41. The number of nitrogens with one attached hydrogen (secondary N) is 8. The topological polar surface area (TPSA) is 96.2 Å². The maximum absolute atomic E-state index is 4.76. The molecule has 9 aliphatic rings. The molecule has 0 amide bonds. The van der Waals surface area contributed by atoms with Gasteiger partial charge in [-0.3, -0.25) is 42.5 Å². The lowest BCUT2D eigenvalue weighted by molar-refractivity contribution is -0.0435. The minimum Gasteiger partial charge on any atom is -0.286 e. The molecule has 8 N–H and O–H groups in total. The minimum atomic E-state index is 0.351. The molecule has 0 radical (unpaired) electrons. The van der Waals surface area contributed by atoms with E-state index < -0.39 is 0 Å². The van der Waals surface area contributed by atoms with Gasteiger partial charge in [0.1, 0.15) is 0 Å². The first-order valence-electron chi connectivity index (χ1n) is 37.7. The molecule has 20 unspecified atom stereocenters. The van der Waals surface area contributed by atoms with Crippen molar-refractivity contribution in [2.24, 2.45) is 71.0 Å². The van der Waals surface area contributed by atoms with E-state index in [2.05, 4.69) is 54.3 Å². The van der Waals surface area contributed by atoms with E-state index in [1.54, 1.807) is 0 Å². The molecular weight excluding hydrogens is 977 g/mol. The van der Waals surface area contributed by atoms with Crippen LogP contribution in [0.5, 0.6) is 0 Å². The van der Waals surface area contributed by atoms with Crippen molar-refractivity contribution in [2.75, 3.05) is 0 Å². The smallest absolute Gasteiger partial charge is 0.0631 e. The molecule has 9 fully saturated rings. The molecule has 0 aromatic carbocycles. The Balaban J connectivity index is 1.06. The molecule has 5 aliphatic heterocycles. The van der Waals surface area contributed by atoms with Crippen molar-refractivity contribution in [3.8, 4) is 0 Å². The first-order chi connectivity index (χ1) is 39.6. The van der Waals surface area contributed by atoms with Crippen LogP contribution < -0.4 is 42.5 Å². The van der Waals surface area contributed by atoms with E-state index in [1.165, 1.54) is 308 Å². The summed E-state index contributed by atoms with van der Waals surface area (Å²) in [6.45, 7) is 9.52. The molecular formula is C72H136N8. The average Bonchev–Trinajstić information content (AvgIpc) is 4.24. The molecule has 9 rings (SSSR count). The van der Waals surface area contributed by atoms with Crippen molar-refractivity contribution in [2.45, 2.75) is 385 Å². The molecule has 464 valence electrons. The summed E-state index contributed by atoms with van der Waals surface area (Å²) in [4.78, 5) is 0. The highest BCUT2D eigenvalue weighted by Gasteiger charge is 2.60. The van der Waals surface area contributed by atoms with Crippen molar-refractivity contribution >= 4 is 0 Å². The zero-order valence-corrected chi connectivity index (χ0v) is 53.5. The van der Waals surface area contributed by atoms with Gasteiger partial charge in [0.05, 0.1) is 49.3 Å². The van der Waals surface area contributed by atoms with Crippen LogP contribution in [-0.2, 0) is 0 Å². The van der Waals surface area contributed by atoms with Gasteiger partial charge in [0.2, 0.25) is 0 Å². The summed E-state index contributed by atoms with van der Waals surface area (Å²) in [5.41, 5.74) is 0. The van der Waals surface area contributed by atoms with E-state index in [4.69, 9.17) is 16.0 Å². The van der Waals surface area contributed by atoms with Gasteiger partial charge < -0.3 is 0 Å². The van der Waals surface area contributed by atoms with Gasteiger partial charge in [0.25, 0.3) is 0 Å². The quantitative estimate of drug-likeness (QED) is 0.0294. The molecule has 8 nitrogen and oxygen atoms in total. The summed E-state index contributed by atoms with van der Waals surface area (Å²) in [6, 6.07) is 0. The van der Waals surface area contributed by atoms with E-state index >= 15 is 0 Å². The van der Waals surface area contributed by atoms with Crippen molar-refractivity contribution in [1.29, 1.82) is 0 Å². The molecule has 5 heterocycles. The van der Waals surface area contributed by atoms with E-state index in [0.29, 0.717) is 84.8 Å². The second-order valence-corrected chi connectivity index (χ2v) is 29.9. The fraction of sp³-hybridized carbons (Fsp3) is 1.00. The van der Waals surface area contributed by atoms with Crippen LogP contribution >= 0.6 is 0 Å². The number of unbranched alkanes of at least 4 members (excludes halogenated alkanes) is 28. The number of rotatable bonds is 36. The van der Waals surface area contributed by atoms with Crippen LogP contribution in [0.4, 0.5) is 0 Å². The average molecular weight is 1110 g/mol. The second kappa shape index (κ2) is 35.5. The highest BCUT2D eigenvalue weighted by atomic mass is 15.4. The zero-order valence-electron chi connectivity index (χ0n) is 53.5. The van der Waals surface area contributed by atoms with Gasteiger partial charge in [-0.1, -0.05) is 272 Å². The Labute approximate surface area is 496 Å². The highest BCUT2D eigenvalue weighted by molar-refractivity contribution is 5.12. The van der Waals surface area contributed by atoms with Crippen LogP contribution in [0.15, 0.2) is 0 Å². The van der Waals surface area contributed by atoms with Crippen LogP contribution in [-0.4, -0.2) is 49.3 Å². The maximum Gasteiger partial charge on any atom is 0.0631 e. The normalized spacial score (nSPS) is 38.5. The fourth-order valence-electron chi connectivity index (χ4n) is 20.3.